The molecule has 1 heterocycles. The quantitative estimate of drug-likeness (QED) is 0.702. The van der Waals surface area contributed by atoms with Crippen molar-refractivity contribution in [3.63, 3.8) is 0 Å². The van der Waals surface area contributed by atoms with Gasteiger partial charge in [-0.2, -0.15) is 0 Å². The number of benzene rings is 2. The molecular weight excluding hydrogens is 306 g/mol. The summed E-state index contributed by atoms with van der Waals surface area (Å²) in [5, 5.41) is 0.226. The zero-order valence-electron chi connectivity index (χ0n) is 11.4. The number of hydrogen-bond acceptors (Lipinski definition) is 2. The first kappa shape index (κ1) is 14.6. The number of hydrogen-bond donors (Lipinski definition) is 0. The van der Waals surface area contributed by atoms with E-state index in [1.54, 1.807) is 0 Å². The first-order valence-corrected chi connectivity index (χ1v) is 7.02. The third kappa shape index (κ3) is 2.97. The molecule has 2 aromatic carbocycles. The Labute approximate surface area is 131 Å². The largest absolute Gasteiger partial charge is 0.247 e. The molecule has 0 unspecified atom stereocenters. The number of aromatic nitrogens is 2. The first-order chi connectivity index (χ1) is 10.6. The minimum absolute atomic E-state index is 0.130. The molecule has 0 aliphatic heterocycles. The first-order valence-electron chi connectivity index (χ1n) is 6.65. The van der Waals surface area contributed by atoms with Gasteiger partial charge in [-0.05, 0) is 17.7 Å². The molecule has 0 saturated carbocycles. The Hall–Kier alpha value is -2.33. The van der Waals surface area contributed by atoms with Gasteiger partial charge in [-0.15, -0.1) is 0 Å². The SMILES string of the molecule is Fc1cccc(F)c1-c1cnc(Cl)c(Cc2ccccc2)n1. The maximum absolute atomic E-state index is 13.9. The van der Waals surface area contributed by atoms with Crippen LogP contribution in [-0.2, 0) is 6.42 Å². The van der Waals surface area contributed by atoms with E-state index in [0.29, 0.717) is 12.1 Å². The van der Waals surface area contributed by atoms with Crippen molar-refractivity contribution in [3.05, 3.63) is 82.8 Å². The van der Waals surface area contributed by atoms with Crippen molar-refractivity contribution in [2.24, 2.45) is 0 Å². The number of halogens is 3. The summed E-state index contributed by atoms with van der Waals surface area (Å²) < 4.78 is 27.7. The zero-order valence-corrected chi connectivity index (χ0v) is 12.2. The summed E-state index contributed by atoms with van der Waals surface area (Å²) in [6, 6.07) is 13.2. The minimum Gasteiger partial charge on any atom is -0.247 e. The van der Waals surface area contributed by atoms with Crippen LogP contribution in [0.4, 0.5) is 8.78 Å². The van der Waals surface area contributed by atoms with Crippen molar-refractivity contribution in [3.8, 4) is 11.3 Å². The molecule has 110 valence electrons. The van der Waals surface area contributed by atoms with Gasteiger partial charge in [-0.3, -0.25) is 0 Å². The third-order valence-electron chi connectivity index (χ3n) is 3.23. The highest BCUT2D eigenvalue weighted by Crippen LogP contribution is 2.26. The summed E-state index contributed by atoms with van der Waals surface area (Å²) >= 11 is 6.05. The summed E-state index contributed by atoms with van der Waals surface area (Å²) in [5.74, 6) is -1.36. The fourth-order valence-corrected chi connectivity index (χ4v) is 2.34. The Kier molecular flexibility index (Phi) is 4.11. The lowest BCUT2D eigenvalue weighted by Crippen LogP contribution is -2.00. The Morgan fingerprint density at radius 2 is 1.59 bits per heavy atom. The van der Waals surface area contributed by atoms with Crippen molar-refractivity contribution in [2.45, 2.75) is 6.42 Å². The van der Waals surface area contributed by atoms with Gasteiger partial charge in [0.2, 0.25) is 0 Å². The molecular formula is C17H11ClF2N2. The molecule has 22 heavy (non-hydrogen) atoms. The zero-order chi connectivity index (χ0) is 15.5. The van der Waals surface area contributed by atoms with E-state index < -0.39 is 11.6 Å². The van der Waals surface area contributed by atoms with Crippen molar-refractivity contribution >= 4 is 11.6 Å². The molecule has 3 rings (SSSR count). The Morgan fingerprint density at radius 1 is 0.909 bits per heavy atom. The van der Waals surface area contributed by atoms with E-state index in [4.69, 9.17) is 11.6 Å². The molecule has 0 spiro atoms. The summed E-state index contributed by atoms with van der Waals surface area (Å²) in [5.41, 5.74) is 1.41. The van der Waals surface area contributed by atoms with E-state index in [9.17, 15) is 8.78 Å². The van der Waals surface area contributed by atoms with Crippen molar-refractivity contribution in [2.75, 3.05) is 0 Å². The number of rotatable bonds is 3. The van der Waals surface area contributed by atoms with E-state index >= 15 is 0 Å². The van der Waals surface area contributed by atoms with Gasteiger partial charge in [0.05, 0.1) is 23.1 Å². The lowest BCUT2D eigenvalue weighted by molar-refractivity contribution is 0.588. The van der Waals surface area contributed by atoms with Gasteiger partial charge in [-0.1, -0.05) is 48.0 Å². The molecule has 0 aliphatic rings. The van der Waals surface area contributed by atoms with Crippen LogP contribution in [0.25, 0.3) is 11.3 Å². The van der Waals surface area contributed by atoms with Gasteiger partial charge in [-0.25, -0.2) is 18.7 Å². The molecule has 0 bridgehead atoms. The van der Waals surface area contributed by atoms with Crippen LogP contribution in [0.1, 0.15) is 11.3 Å². The average Bonchev–Trinajstić information content (AvgIpc) is 2.51. The van der Waals surface area contributed by atoms with E-state index in [2.05, 4.69) is 9.97 Å². The summed E-state index contributed by atoms with van der Waals surface area (Å²) in [7, 11) is 0. The molecule has 0 N–H and O–H groups in total. The monoisotopic (exact) mass is 316 g/mol. The van der Waals surface area contributed by atoms with Crippen LogP contribution in [0.15, 0.2) is 54.7 Å². The molecule has 0 atom stereocenters. The highest BCUT2D eigenvalue weighted by molar-refractivity contribution is 6.30. The molecule has 0 saturated heterocycles. The fourth-order valence-electron chi connectivity index (χ4n) is 2.18. The molecule has 3 aromatic rings. The van der Waals surface area contributed by atoms with Gasteiger partial charge in [0.15, 0.2) is 5.15 Å². The molecule has 5 heteroatoms. The van der Waals surface area contributed by atoms with Gasteiger partial charge in [0.1, 0.15) is 11.6 Å². The highest BCUT2D eigenvalue weighted by Gasteiger charge is 2.15. The summed E-state index contributed by atoms with van der Waals surface area (Å²) in [4.78, 5) is 8.29. The van der Waals surface area contributed by atoms with Crippen LogP contribution in [0.3, 0.4) is 0 Å². The van der Waals surface area contributed by atoms with E-state index in [0.717, 1.165) is 5.56 Å². The lowest BCUT2D eigenvalue weighted by atomic mass is 10.1. The Balaban J connectivity index is 2.03. The lowest BCUT2D eigenvalue weighted by Gasteiger charge is -2.08. The van der Waals surface area contributed by atoms with E-state index in [1.807, 2.05) is 30.3 Å². The predicted octanol–water partition coefficient (Wildman–Crippen LogP) is 4.67. The standard InChI is InChI=1S/C17H11ClF2N2/c18-17-14(9-11-5-2-1-3-6-11)22-15(10-21-17)16-12(19)7-4-8-13(16)20/h1-8,10H,9H2. The van der Waals surface area contributed by atoms with Crippen LogP contribution in [-0.4, -0.2) is 9.97 Å². The summed E-state index contributed by atoms with van der Waals surface area (Å²) in [6.07, 6.45) is 1.72. The molecule has 0 radical (unpaired) electrons. The number of nitrogens with zero attached hydrogens (tertiary/aromatic N) is 2. The Bertz CT molecular complexity index is 787. The summed E-state index contributed by atoms with van der Waals surface area (Å²) in [6.45, 7) is 0. The fraction of sp³-hybridized carbons (Fsp3) is 0.0588. The van der Waals surface area contributed by atoms with Gasteiger partial charge in [0, 0.05) is 6.42 Å². The smallest absolute Gasteiger partial charge is 0.150 e. The maximum atomic E-state index is 13.9. The van der Waals surface area contributed by atoms with Crippen LogP contribution in [0.2, 0.25) is 5.15 Å². The topological polar surface area (TPSA) is 25.8 Å². The van der Waals surface area contributed by atoms with Gasteiger partial charge >= 0.3 is 0 Å². The molecule has 0 amide bonds. The van der Waals surface area contributed by atoms with Crippen LogP contribution in [0.5, 0.6) is 0 Å². The average molecular weight is 317 g/mol. The van der Waals surface area contributed by atoms with Gasteiger partial charge < -0.3 is 0 Å². The van der Waals surface area contributed by atoms with Crippen LogP contribution >= 0.6 is 11.6 Å². The van der Waals surface area contributed by atoms with Gasteiger partial charge in [0.25, 0.3) is 0 Å². The molecule has 2 nitrogen and oxygen atoms in total. The normalized spacial score (nSPS) is 10.7. The van der Waals surface area contributed by atoms with E-state index in [-0.39, 0.29) is 16.4 Å². The van der Waals surface area contributed by atoms with Crippen molar-refractivity contribution in [1.82, 2.24) is 9.97 Å². The van der Waals surface area contributed by atoms with Crippen LogP contribution in [0, 0.1) is 11.6 Å². The molecule has 1 aromatic heterocycles. The molecule has 0 fully saturated rings. The van der Waals surface area contributed by atoms with E-state index in [1.165, 1.54) is 24.4 Å². The minimum atomic E-state index is -0.678. The highest BCUT2D eigenvalue weighted by atomic mass is 35.5. The predicted molar refractivity (Wildman–Crippen MR) is 81.6 cm³/mol. The van der Waals surface area contributed by atoms with Crippen LogP contribution < -0.4 is 0 Å². The van der Waals surface area contributed by atoms with Crippen molar-refractivity contribution in [1.29, 1.82) is 0 Å². The Morgan fingerprint density at radius 3 is 2.27 bits per heavy atom. The van der Waals surface area contributed by atoms with Crippen molar-refractivity contribution < 1.29 is 8.78 Å². The maximum Gasteiger partial charge on any atom is 0.150 e. The molecule has 0 aliphatic carbocycles. The second-order valence-electron chi connectivity index (χ2n) is 4.75. The second-order valence-corrected chi connectivity index (χ2v) is 5.11. The second kappa shape index (κ2) is 6.20. The third-order valence-corrected chi connectivity index (χ3v) is 3.54.